The maximum atomic E-state index is 12.6. The standard InChI is InChI=1S/C26H32N2O5/c1-16(2)13-22(23(29)30)28-24(31)26(3,4)15-27-25(32)33-14-21-19-11-7-5-9-17(19)18-10-6-8-12-20(18)21/h5-12,16,21-22H,13-15H2,1-4H3,(H,27,32)(H,28,31)(H,29,30)/t22-/m1/s1. The molecule has 1 aliphatic rings. The minimum atomic E-state index is -1.07. The van der Waals surface area contributed by atoms with E-state index in [2.05, 4.69) is 22.8 Å². The van der Waals surface area contributed by atoms with Crippen molar-refractivity contribution in [1.82, 2.24) is 10.6 Å². The summed E-state index contributed by atoms with van der Waals surface area (Å²) in [6, 6.07) is 15.2. The van der Waals surface area contributed by atoms with Crippen molar-refractivity contribution < 1.29 is 24.2 Å². The number of nitrogens with one attached hydrogen (secondary N) is 2. The molecule has 2 amide bonds. The minimum absolute atomic E-state index is 0.0174. The Kier molecular flexibility index (Phi) is 7.41. The summed E-state index contributed by atoms with van der Waals surface area (Å²) < 4.78 is 5.51. The van der Waals surface area contributed by atoms with Gasteiger partial charge in [0.1, 0.15) is 12.6 Å². The number of carbonyl (C=O) groups excluding carboxylic acids is 2. The molecule has 0 radical (unpaired) electrons. The largest absolute Gasteiger partial charge is 0.480 e. The number of carbonyl (C=O) groups is 3. The van der Waals surface area contributed by atoms with Gasteiger partial charge in [-0.2, -0.15) is 0 Å². The number of alkyl carbamates (subject to hydrolysis) is 1. The summed E-state index contributed by atoms with van der Waals surface area (Å²) >= 11 is 0. The number of amides is 2. The molecular weight excluding hydrogens is 420 g/mol. The van der Waals surface area contributed by atoms with E-state index in [1.165, 1.54) is 0 Å². The average Bonchev–Trinajstić information content (AvgIpc) is 3.09. The quantitative estimate of drug-likeness (QED) is 0.530. The molecule has 0 saturated carbocycles. The second-order valence-electron chi connectivity index (χ2n) is 9.56. The number of rotatable bonds is 9. The lowest BCUT2D eigenvalue weighted by Crippen LogP contribution is -2.50. The Morgan fingerprint density at radius 2 is 1.55 bits per heavy atom. The van der Waals surface area contributed by atoms with Gasteiger partial charge in [-0.05, 0) is 48.4 Å². The van der Waals surface area contributed by atoms with E-state index >= 15 is 0 Å². The van der Waals surface area contributed by atoms with Gasteiger partial charge in [-0.1, -0.05) is 62.4 Å². The van der Waals surface area contributed by atoms with Gasteiger partial charge in [-0.3, -0.25) is 4.79 Å². The minimum Gasteiger partial charge on any atom is -0.480 e. The van der Waals surface area contributed by atoms with Crippen LogP contribution < -0.4 is 10.6 Å². The van der Waals surface area contributed by atoms with E-state index in [0.29, 0.717) is 6.42 Å². The van der Waals surface area contributed by atoms with Crippen molar-refractivity contribution in [2.24, 2.45) is 11.3 Å². The van der Waals surface area contributed by atoms with Gasteiger partial charge in [0.05, 0.1) is 5.41 Å². The summed E-state index contributed by atoms with van der Waals surface area (Å²) in [6.07, 6.45) is -0.286. The van der Waals surface area contributed by atoms with Crippen LogP contribution in [0.25, 0.3) is 11.1 Å². The van der Waals surface area contributed by atoms with Gasteiger partial charge in [0.2, 0.25) is 5.91 Å². The fraction of sp³-hybridized carbons (Fsp3) is 0.423. The van der Waals surface area contributed by atoms with Crippen molar-refractivity contribution in [3.63, 3.8) is 0 Å². The highest BCUT2D eigenvalue weighted by molar-refractivity contribution is 5.87. The fourth-order valence-electron chi connectivity index (χ4n) is 4.07. The number of benzene rings is 2. The third-order valence-electron chi connectivity index (χ3n) is 5.94. The third-order valence-corrected chi connectivity index (χ3v) is 5.94. The molecule has 0 aliphatic heterocycles. The van der Waals surface area contributed by atoms with Crippen molar-refractivity contribution in [2.45, 2.75) is 46.1 Å². The zero-order valence-corrected chi connectivity index (χ0v) is 19.6. The van der Waals surface area contributed by atoms with Gasteiger partial charge >= 0.3 is 12.1 Å². The molecule has 1 atom stereocenters. The topological polar surface area (TPSA) is 105 Å². The Morgan fingerprint density at radius 1 is 1.00 bits per heavy atom. The maximum Gasteiger partial charge on any atom is 0.407 e. The molecule has 0 saturated heterocycles. The summed E-state index contributed by atoms with van der Waals surface area (Å²) in [5.74, 6) is -1.44. The number of carboxylic acid groups (broad SMARTS) is 1. The van der Waals surface area contributed by atoms with E-state index in [9.17, 15) is 19.5 Å². The van der Waals surface area contributed by atoms with Crippen LogP contribution in [0.4, 0.5) is 4.79 Å². The Hall–Kier alpha value is -3.35. The number of hydrogen-bond donors (Lipinski definition) is 3. The van der Waals surface area contributed by atoms with Crippen LogP contribution in [0.1, 0.15) is 51.2 Å². The van der Waals surface area contributed by atoms with Crippen LogP contribution in [0, 0.1) is 11.3 Å². The lowest BCUT2D eigenvalue weighted by Gasteiger charge is -2.26. The van der Waals surface area contributed by atoms with Gasteiger partial charge in [0.15, 0.2) is 0 Å². The average molecular weight is 453 g/mol. The van der Waals surface area contributed by atoms with Crippen molar-refractivity contribution >= 4 is 18.0 Å². The van der Waals surface area contributed by atoms with Crippen LogP contribution in [0.15, 0.2) is 48.5 Å². The molecule has 3 rings (SSSR count). The Bertz CT molecular complexity index is 985. The predicted octanol–water partition coefficient (Wildman–Crippen LogP) is 4.17. The van der Waals surface area contributed by atoms with E-state index < -0.39 is 29.4 Å². The molecule has 2 aromatic carbocycles. The Balaban J connectivity index is 1.56. The number of hydrogen-bond acceptors (Lipinski definition) is 4. The molecule has 0 unspecified atom stereocenters. The molecule has 0 spiro atoms. The molecule has 0 fully saturated rings. The molecule has 0 bridgehead atoms. The molecule has 33 heavy (non-hydrogen) atoms. The molecule has 176 valence electrons. The predicted molar refractivity (Wildman–Crippen MR) is 126 cm³/mol. The first kappa shape index (κ1) is 24.3. The second-order valence-corrected chi connectivity index (χ2v) is 9.56. The first-order valence-corrected chi connectivity index (χ1v) is 11.2. The normalized spacial score (nSPS) is 13.7. The molecule has 1 aliphatic carbocycles. The highest BCUT2D eigenvalue weighted by Crippen LogP contribution is 2.44. The summed E-state index contributed by atoms with van der Waals surface area (Å²) in [5.41, 5.74) is 3.53. The van der Waals surface area contributed by atoms with Crippen molar-refractivity contribution in [1.29, 1.82) is 0 Å². The number of carboxylic acids is 1. The van der Waals surface area contributed by atoms with Gasteiger partial charge in [0.25, 0.3) is 0 Å². The van der Waals surface area contributed by atoms with Crippen LogP contribution in [0.5, 0.6) is 0 Å². The molecular formula is C26H32N2O5. The number of aliphatic carboxylic acids is 1. The summed E-state index contributed by atoms with van der Waals surface area (Å²) in [4.78, 5) is 36.5. The van der Waals surface area contributed by atoms with Gasteiger partial charge in [0, 0.05) is 12.5 Å². The van der Waals surface area contributed by atoms with Crippen LogP contribution in [-0.2, 0) is 14.3 Å². The smallest absolute Gasteiger partial charge is 0.407 e. The van der Waals surface area contributed by atoms with E-state index in [0.717, 1.165) is 22.3 Å². The van der Waals surface area contributed by atoms with E-state index in [-0.39, 0.29) is 25.0 Å². The second kappa shape index (κ2) is 10.1. The van der Waals surface area contributed by atoms with Crippen LogP contribution >= 0.6 is 0 Å². The van der Waals surface area contributed by atoms with Gasteiger partial charge in [-0.25, -0.2) is 9.59 Å². The zero-order valence-electron chi connectivity index (χ0n) is 19.6. The monoisotopic (exact) mass is 452 g/mol. The third kappa shape index (κ3) is 5.72. The fourth-order valence-corrected chi connectivity index (χ4v) is 4.07. The van der Waals surface area contributed by atoms with Crippen LogP contribution in [0.3, 0.4) is 0 Å². The highest BCUT2D eigenvalue weighted by Gasteiger charge is 2.33. The Labute approximate surface area is 194 Å². The number of ether oxygens (including phenoxy) is 1. The SMILES string of the molecule is CC(C)C[C@@H](NC(=O)C(C)(C)CNC(=O)OCC1c2ccccc2-c2ccccc21)C(=O)O. The summed E-state index contributed by atoms with van der Waals surface area (Å²) in [5, 5.41) is 14.6. The van der Waals surface area contributed by atoms with Gasteiger partial charge < -0.3 is 20.5 Å². The molecule has 7 nitrogen and oxygen atoms in total. The Morgan fingerprint density at radius 3 is 2.06 bits per heavy atom. The molecule has 3 N–H and O–H groups in total. The molecule has 0 heterocycles. The lowest BCUT2D eigenvalue weighted by molar-refractivity contribution is -0.143. The maximum absolute atomic E-state index is 12.6. The summed E-state index contributed by atoms with van der Waals surface area (Å²) in [6.45, 7) is 7.30. The molecule has 7 heteroatoms. The molecule has 2 aromatic rings. The summed E-state index contributed by atoms with van der Waals surface area (Å²) in [7, 11) is 0. The van der Waals surface area contributed by atoms with Gasteiger partial charge in [-0.15, -0.1) is 0 Å². The number of fused-ring (bicyclic) bond motifs is 3. The molecule has 0 aromatic heterocycles. The van der Waals surface area contributed by atoms with E-state index in [4.69, 9.17) is 4.74 Å². The van der Waals surface area contributed by atoms with Crippen molar-refractivity contribution in [3.8, 4) is 11.1 Å². The lowest BCUT2D eigenvalue weighted by atomic mass is 9.91. The van der Waals surface area contributed by atoms with Crippen LogP contribution in [0.2, 0.25) is 0 Å². The van der Waals surface area contributed by atoms with Crippen molar-refractivity contribution in [2.75, 3.05) is 13.2 Å². The highest BCUT2D eigenvalue weighted by atomic mass is 16.5. The van der Waals surface area contributed by atoms with E-state index in [1.807, 2.05) is 50.2 Å². The van der Waals surface area contributed by atoms with Crippen LogP contribution in [-0.4, -0.2) is 42.3 Å². The van der Waals surface area contributed by atoms with Crippen molar-refractivity contribution in [3.05, 3.63) is 59.7 Å². The van der Waals surface area contributed by atoms with E-state index in [1.54, 1.807) is 13.8 Å². The first-order chi connectivity index (χ1) is 15.6. The first-order valence-electron chi connectivity index (χ1n) is 11.2. The zero-order chi connectivity index (χ0) is 24.2.